The molecule has 0 unspecified atom stereocenters. The normalized spacial score (nSPS) is 9.61. The summed E-state index contributed by atoms with van der Waals surface area (Å²) in [5, 5.41) is 22.9. The van der Waals surface area contributed by atoms with Crippen LogP contribution in [0.1, 0.15) is 17.3 Å². The molecular weight excluding hydrogens is 240 g/mol. The first-order chi connectivity index (χ1) is 8.41. The summed E-state index contributed by atoms with van der Waals surface area (Å²) in [5.41, 5.74) is -0.336. The van der Waals surface area contributed by atoms with E-state index in [1.807, 2.05) is 0 Å². The fraction of sp³-hybridized carbons (Fsp3) is 0.182. The predicted molar refractivity (Wildman–Crippen MR) is 62.4 cm³/mol. The van der Waals surface area contributed by atoms with Crippen LogP contribution in [0.5, 0.6) is 5.75 Å². The molecule has 1 rings (SSSR count). The van der Waals surface area contributed by atoms with Crippen molar-refractivity contribution in [1.29, 1.82) is 0 Å². The van der Waals surface area contributed by atoms with E-state index in [-0.39, 0.29) is 23.7 Å². The predicted octanol–water partition coefficient (Wildman–Crippen LogP) is 0.165. The highest BCUT2D eigenvalue weighted by Crippen LogP contribution is 2.27. The molecule has 1 aromatic rings. The molecule has 96 valence electrons. The van der Waals surface area contributed by atoms with Gasteiger partial charge in [0.25, 0.3) is 0 Å². The molecule has 0 aliphatic rings. The number of anilines is 1. The summed E-state index contributed by atoms with van der Waals surface area (Å²) in [6.45, 7) is 1.00. The third-order valence-corrected chi connectivity index (χ3v) is 2.04. The zero-order valence-corrected chi connectivity index (χ0v) is 9.56. The first-order valence-electron chi connectivity index (χ1n) is 5.01. The monoisotopic (exact) mass is 252 g/mol. The van der Waals surface area contributed by atoms with Crippen LogP contribution in [0.25, 0.3) is 0 Å². The molecule has 18 heavy (non-hydrogen) atoms. The van der Waals surface area contributed by atoms with E-state index in [2.05, 4.69) is 10.6 Å². The number of amides is 2. The van der Waals surface area contributed by atoms with Crippen molar-refractivity contribution >= 4 is 23.5 Å². The molecule has 0 radical (unpaired) electrons. The van der Waals surface area contributed by atoms with Gasteiger partial charge >= 0.3 is 5.97 Å². The van der Waals surface area contributed by atoms with Crippen LogP contribution in [0.2, 0.25) is 0 Å². The number of aromatic hydroxyl groups is 1. The summed E-state index contributed by atoms with van der Waals surface area (Å²) < 4.78 is 0. The van der Waals surface area contributed by atoms with Crippen LogP contribution >= 0.6 is 0 Å². The molecule has 0 aromatic heterocycles. The quantitative estimate of drug-likeness (QED) is 0.570. The summed E-state index contributed by atoms with van der Waals surface area (Å²) in [6.07, 6.45) is 0. The number of para-hydroxylation sites is 1. The van der Waals surface area contributed by atoms with Crippen molar-refractivity contribution in [2.24, 2.45) is 0 Å². The number of benzene rings is 1. The molecule has 0 fully saturated rings. The molecule has 0 spiro atoms. The molecule has 7 nitrogen and oxygen atoms in total. The lowest BCUT2D eigenvalue weighted by Gasteiger charge is -2.09. The number of carboxylic acid groups (broad SMARTS) is 1. The summed E-state index contributed by atoms with van der Waals surface area (Å²) in [6, 6.07) is 3.95. The standard InChI is InChI=1S/C11H12N2O5/c1-6(14)12-5-9(15)13-8-4-2-3-7(10(8)16)11(17)18/h2-4,16H,5H2,1H3,(H,12,14)(H,13,15)(H,17,18). The number of phenols is 1. The van der Waals surface area contributed by atoms with E-state index in [1.54, 1.807) is 0 Å². The molecule has 0 atom stereocenters. The summed E-state index contributed by atoms with van der Waals surface area (Å²) in [4.78, 5) is 32.7. The van der Waals surface area contributed by atoms with Gasteiger partial charge in [-0.05, 0) is 12.1 Å². The molecule has 2 amide bonds. The summed E-state index contributed by atoms with van der Waals surface area (Å²) in [7, 11) is 0. The maximum Gasteiger partial charge on any atom is 0.339 e. The second kappa shape index (κ2) is 5.67. The van der Waals surface area contributed by atoms with Gasteiger partial charge in [0.2, 0.25) is 11.8 Å². The Morgan fingerprint density at radius 3 is 2.50 bits per heavy atom. The SMILES string of the molecule is CC(=O)NCC(=O)Nc1cccc(C(=O)O)c1O. The lowest BCUT2D eigenvalue weighted by Crippen LogP contribution is -2.31. The highest BCUT2D eigenvalue weighted by molar-refractivity contribution is 5.99. The van der Waals surface area contributed by atoms with Crippen LogP contribution < -0.4 is 10.6 Å². The number of hydrogen-bond acceptors (Lipinski definition) is 4. The smallest absolute Gasteiger partial charge is 0.339 e. The van der Waals surface area contributed by atoms with Gasteiger partial charge in [-0.3, -0.25) is 9.59 Å². The van der Waals surface area contributed by atoms with Crippen molar-refractivity contribution in [1.82, 2.24) is 5.32 Å². The van der Waals surface area contributed by atoms with Gasteiger partial charge in [0, 0.05) is 6.92 Å². The van der Waals surface area contributed by atoms with Gasteiger partial charge in [-0.2, -0.15) is 0 Å². The minimum absolute atomic E-state index is 0.0229. The van der Waals surface area contributed by atoms with Gasteiger partial charge < -0.3 is 20.8 Å². The van der Waals surface area contributed by atoms with Gasteiger partial charge in [-0.25, -0.2) is 4.79 Å². The molecule has 0 aliphatic heterocycles. The largest absolute Gasteiger partial charge is 0.505 e. The van der Waals surface area contributed by atoms with E-state index >= 15 is 0 Å². The first-order valence-corrected chi connectivity index (χ1v) is 5.01. The third-order valence-electron chi connectivity index (χ3n) is 2.04. The number of carbonyl (C=O) groups excluding carboxylic acids is 2. The lowest BCUT2D eigenvalue weighted by molar-refractivity contribution is -0.122. The number of nitrogens with one attached hydrogen (secondary N) is 2. The highest BCUT2D eigenvalue weighted by Gasteiger charge is 2.14. The molecule has 7 heteroatoms. The van der Waals surface area contributed by atoms with Crippen molar-refractivity contribution in [3.8, 4) is 5.75 Å². The van der Waals surface area contributed by atoms with Crippen LogP contribution in [0.15, 0.2) is 18.2 Å². The van der Waals surface area contributed by atoms with E-state index in [4.69, 9.17) is 5.11 Å². The zero-order chi connectivity index (χ0) is 13.7. The Hall–Kier alpha value is -2.57. The van der Waals surface area contributed by atoms with Crippen molar-refractivity contribution in [2.75, 3.05) is 11.9 Å². The van der Waals surface area contributed by atoms with Gasteiger partial charge in [0.05, 0.1) is 12.2 Å². The molecule has 1 aromatic carbocycles. The number of aromatic carboxylic acids is 1. The maximum atomic E-state index is 11.4. The number of carboxylic acids is 1. The van der Waals surface area contributed by atoms with Crippen LogP contribution in [-0.4, -0.2) is 34.5 Å². The van der Waals surface area contributed by atoms with E-state index in [0.717, 1.165) is 0 Å². The average Bonchev–Trinajstić information content (AvgIpc) is 2.29. The molecule has 0 saturated heterocycles. The van der Waals surface area contributed by atoms with Crippen molar-refractivity contribution in [3.05, 3.63) is 23.8 Å². The van der Waals surface area contributed by atoms with Crippen molar-refractivity contribution < 1.29 is 24.6 Å². The van der Waals surface area contributed by atoms with Crippen LogP contribution in [-0.2, 0) is 9.59 Å². The van der Waals surface area contributed by atoms with Crippen LogP contribution in [0.3, 0.4) is 0 Å². The zero-order valence-electron chi connectivity index (χ0n) is 9.56. The fourth-order valence-corrected chi connectivity index (χ4v) is 1.22. The Morgan fingerprint density at radius 1 is 1.28 bits per heavy atom. The Balaban J connectivity index is 2.79. The average molecular weight is 252 g/mol. The summed E-state index contributed by atoms with van der Waals surface area (Å²) >= 11 is 0. The number of carbonyl (C=O) groups is 3. The van der Waals surface area contributed by atoms with Crippen molar-refractivity contribution in [3.63, 3.8) is 0 Å². The number of hydrogen-bond donors (Lipinski definition) is 4. The third kappa shape index (κ3) is 3.48. The van der Waals surface area contributed by atoms with Gasteiger partial charge in [-0.15, -0.1) is 0 Å². The van der Waals surface area contributed by atoms with Gasteiger partial charge in [0.1, 0.15) is 5.56 Å². The minimum atomic E-state index is -1.30. The molecule has 0 bridgehead atoms. The van der Waals surface area contributed by atoms with Crippen LogP contribution in [0, 0.1) is 0 Å². The topological polar surface area (TPSA) is 116 Å². The molecular formula is C11H12N2O5. The first kappa shape index (κ1) is 13.5. The van der Waals surface area contributed by atoms with E-state index < -0.39 is 17.6 Å². The Labute approximate surface area is 102 Å². The van der Waals surface area contributed by atoms with E-state index in [9.17, 15) is 19.5 Å². The van der Waals surface area contributed by atoms with E-state index in [1.165, 1.54) is 25.1 Å². The minimum Gasteiger partial charge on any atom is -0.505 e. The number of rotatable bonds is 4. The van der Waals surface area contributed by atoms with Crippen LogP contribution in [0.4, 0.5) is 5.69 Å². The molecule has 0 aliphatic carbocycles. The Morgan fingerprint density at radius 2 is 1.94 bits per heavy atom. The second-order valence-electron chi connectivity index (χ2n) is 3.46. The fourth-order valence-electron chi connectivity index (χ4n) is 1.22. The molecule has 4 N–H and O–H groups in total. The van der Waals surface area contributed by atoms with Gasteiger partial charge in [-0.1, -0.05) is 6.07 Å². The molecule has 0 heterocycles. The maximum absolute atomic E-state index is 11.4. The molecule has 0 saturated carbocycles. The highest BCUT2D eigenvalue weighted by atomic mass is 16.4. The van der Waals surface area contributed by atoms with Gasteiger partial charge in [0.15, 0.2) is 5.75 Å². The lowest BCUT2D eigenvalue weighted by atomic mass is 10.1. The van der Waals surface area contributed by atoms with Crippen molar-refractivity contribution in [2.45, 2.75) is 6.92 Å². The Kier molecular flexibility index (Phi) is 4.25. The van der Waals surface area contributed by atoms with E-state index in [0.29, 0.717) is 0 Å². The Bertz CT molecular complexity index is 498. The second-order valence-corrected chi connectivity index (χ2v) is 3.46. The summed E-state index contributed by atoms with van der Waals surface area (Å²) in [5.74, 6) is -2.76.